The van der Waals surface area contributed by atoms with Gasteiger partial charge in [0.15, 0.2) is 0 Å². The van der Waals surface area contributed by atoms with E-state index in [1.807, 2.05) is 0 Å². The van der Waals surface area contributed by atoms with Crippen molar-refractivity contribution in [3.8, 4) is 6.07 Å². The zero-order valence-electron chi connectivity index (χ0n) is 9.64. The molecule has 88 valence electrons. The molecule has 5 nitrogen and oxygen atoms in total. The molecule has 0 aliphatic rings. The predicted molar refractivity (Wildman–Crippen MR) is 61.5 cm³/mol. The number of hydrogen-bond acceptors (Lipinski definition) is 4. The number of benzene rings is 1. The van der Waals surface area contributed by atoms with Gasteiger partial charge in [-0.1, -0.05) is 19.9 Å². The molecule has 0 spiro atoms. The average molecular weight is 232 g/mol. The fourth-order valence-corrected chi connectivity index (χ4v) is 1.56. The topological polar surface area (TPSA) is 84.0 Å². The first kappa shape index (κ1) is 12.8. The summed E-state index contributed by atoms with van der Waals surface area (Å²) in [5.74, 6) is -0.296. The molecular formula is C12H12N2O3. The lowest BCUT2D eigenvalue weighted by atomic mass is 9.93. The number of nitriles is 1. The molecule has 0 saturated carbocycles. The standard InChI is InChI=1S/C12H12N2O3/c1-3-12(15)8(2)9-4-5-11(14(16)17)10(6-9)7-13/h4-6,8H,3H2,1-2H3. The Morgan fingerprint density at radius 3 is 2.71 bits per heavy atom. The Kier molecular flexibility index (Phi) is 3.94. The number of nitro benzene ring substituents is 1. The van der Waals surface area contributed by atoms with Crippen LogP contribution in [0.4, 0.5) is 5.69 Å². The van der Waals surface area contributed by atoms with Gasteiger partial charge in [0, 0.05) is 18.4 Å². The van der Waals surface area contributed by atoms with Crippen LogP contribution in [0, 0.1) is 21.4 Å². The highest BCUT2D eigenvalue weighted by Crippen LogP contribution is 2.24. The highest BCUT2D eigenvalue weighted by molar-refractivity contribution is 5.85. The summed E-state index contributed by atoms with van der Waals surface area (Å²) in [6, 6.07) is 5.99. The molecule has 0 amide bonds. The van der Waals surface area contributed by atoms with Crippen LogP contribution in [0.3, 0.4) is 0 Å². The van der Waals surface area contributed by atoms with Gasteiger partial charge in [0.05, 0.1) is 4.92 Å². The van der Waals surface area contributed by atoms with Gasteiger partial charge in [0.2, 0.25) is 0 Å². The van der Waals surface area contributed by atoms with Crippen molar-refractivity contribution in [1.29, 1.82) is 5.26 Å². The fourth-order valence-electron chi connectivity index (χ4n) is 1.56. The number of carbonyl (C=O) groups excluding carboxylic acids is 1. The number of rotatable bonds is 4. The fraction of sp³-hybridized carbons (Fsp3) is 0.333. The van der Waals surface area contributed by atoms with E-state index >= 15 is 0 Å². The molecule has 1 unspecified atom stereocenters. The molecule has 0 saturated heterocycles. The molecule has 0 aliphatic carbocycles. The van der Waals surface area contributed by atoms with Gasteiger partial charge in [-0.3, -0.25) is 14.9 Å². The van der Waals surface area contributed by atoms with Crippen LogP contribution >= 0.6 is 0 Å². The first-order valence-electron chi connectivity index (χ1n) is 5.22. The zero-order valence-corrected chi connectivity index (χ0v) is 9.64. The number of carbonyl (C=O) groups is 1. The lowest BCUT2D eigenvalue weighted by molar-refractivity contribution is -0.385. The Balaban J connectivity index is 3.19. The monoisotopic (exact) mass is 232 g/mol. The normalized spacial score (nSPS) is 11.6. The van der Waals surface area contributed by atoms with Gasteiger partial charge in [-0.05, 0) is 11.6 Å². The van der Waals surface area contributed by atoms with Gasteiger partial charge in [-0.25, -0.2) is 0 Å². The second-order valence-corrected chi connectivity index (χ2v) is 3.69. The molecule has 0 fully saturated rings. The Hall–Kier alpha value is -2.22. The summed E-state index contributed by atoms with van der Waals surface area (Å²) in [7, 11) is 0. The smallest absolute Gasteiger partial charge is 0.287 e. The maximum atomic E-state index is 11.5. The Labute approximate surface area is 98.8 Å². The zero-order chi connectivity index (χ0) is 13.0. The number of ketones is 1. The summed E-state index contributed by atoms with van der Waals surface area (Å²) < 4.78 is 0. The average Bonchev–Trinajstić information content (AvgIpc) is 2.35. The number of Topliss-reactive ketones (excluding diaryl/α,β-unsaturated/α-hetero) is 1. The van der Waals surface area contributed by atoms with Crippen LogP contribution in [0.25, 0.3) is 0 Å². The molecule has 0 radical (unpaired) electrons. The van der Waals surface area contributed by atoms with E-state index in [-0.39, 0.29) is 23.0 Å². The van der Waals surface area contributed by atoms with E-state index in [1.54, 1.807) is 19.9 Å². The van der Waals surface area contributed by atoms with Crippen LogP contribution < -0.4 is 0 Å². The van der Waals surface area contributed by atoms with Crippen molar-refractivity contribution in [3.63, 3.8) is 0 Å². The Morgan fingerprint density at radius 1 is 1.59 bits per heavy atom. The van der Waals surface area contributed by atoms with E-state index in [1.165, 1.54) is 18.2 Å². The molecule has 17 heavy (non-hydrogen) atoms. The third-order valence-corrected chi connectivity index (χ3v) is 2.67. The minimum Gasteiger partial charge on any atom is -0.299 e. The first-order valence-corrected chi connectivity index (χ1v) is 5.22. The quantitative estimate of drug-likeness (QED) is 0.589. The van der Waals surface area contributed by atoms with Crippen LogP contribution in [0.2, 0.25) is 0 Å². The van der Waals surface area contributed by atoms with E-state index in [0.29, 0.717) is 12.0 Å². The van der Waals surface area contributed by atoms with Crippen molar-refractivity contribution in [2.24, 2.45) is 0 Å². The van der Waals surface area contributed by atoms with E-state index in [0.717, 1.165) is 0 Å². The maximum absolute atomic E-state index is 11.5. The highest BCUT2D eigenvalue weighted by atomic mass is 16.6. The van der Waals surface area contributed by atoms with Crippen LogP contribution in [-0.4, -0.2) is 10.7 Å². The summed E-state index contributed by atoms with van der Waals surface area (Å²) in [5.41, 5.74) is 0.398. The van der Waals surface area contributed by atoms with Crippen molar-refractivity contribution in [2.75, 3.05) is 0 Å². The largest absolute Gasteiger partial charge is 0.299 e. The van der Waals surface area contributed by atoms with Gasteiger partial charge in [0.25, 0.3) is 5.69 Å². The highest BCUT2D eigenvalue weighted by Gasteiger charge is 2.18. The predicted octanol–water partition coefficient (Wildman–Crippen LogP) is 2.55. The second-order valence-electron chi connectivity index (χ2n) is 3.69. The van der Waals surface area contributed by atoms with Gasteiger partial charge < -0.3 is 0 Å². The van der Waals surface area contributed by atoms with Crippen LogP contribution in [-0.2, 0) is 4.79 Å². The Bertz CT molecular complexity index is 503. The summed E-state index contributed by atoms with van der Waals surface area (Å²) in [4.78, 5) is 21.6. The van der Waals surface area contributed by atoms with Crippen molar-refractivity contribution in [2.45, 2.75) is 26.2 Å². The molecular weight excluding hydrogens is 220 g/mol. The molecule has 1 rings (SSSR count). The molecule has 0 bridgehead atoms. The first-order chi connectivity index (χ1) is 8.01. The molecule has 0 N–H and O–H groups in total. The minimum absolute atomic E-state index is 0.0109. The SMILES string of the molecule is CCC(=O)C(C)c1ccc([N+](=O)[O-])c(C#N)c1. The molecule has 0 aromatic heterocycles. The third-order valence-electron chi connectivity index (χ3n) is 2.67. The molecule has 1 atom stereocenters. The second kappa shape index (κ2) is 5.21. The van der Waals surface area contributed by atoms with Gasteiger partial charge >= 0.3 is 0 Å². The number of hydrogen-bond donors (Lipinski definition) is 0. The lowest BCUT2D eigenvalue weighted by Crippen LogP contribution is -2.08. The molecule has 0 heterocycles. The van der Waals surface area contributed by atoms with E-state index in [2.05, 4.69) is 0 Å². The summed E-state index contributed by atoms with van der Waals surface area (Å²) in [5, 5.41) is 19.5. The van der Waals surface area contributed by atoms with Crippen LogP contribution in [0.15, 0.2) is 18.2 Å². The van der Waals surface area contributed by atoms with Crippen LogP contribution in [0.5, 0.6) is 0 Å². The summed E-state index contributed by atoms with van der Waals surface area (Å²) >= 11 is 0. The third kappa shape index (κ3) is 2.67. The number of nitro groups is 1. The van der Waals surface area contributed by atoms with E-state index in [9.17, 15) is 14.9 Å². The molecule has 5 heteroatoms. The van der Waals surface area contributed by atoms with Crippen molar-refractivity contribution < 1.29 is 9.72 Å². The number of nitrogens with zero attached hydrogens (tertiary/aromatic N) is 2. The van der Waals surface area contributed by atoms with Crippen molar-refractivity contribution in [3.05, 3.63) is 39.4 Å². The summed E-state index contributed by atoms with van der Waals surface area (Å²) in [6.07, 6.45) is 0.403. The van der Waals surface area contributed by atoms with Crippen molar-refractivity contribution >= 4 is 11.5 Å². The maximum Gasteiger partial charge on any atom is 0.287 e. The van der Waals surface area contributed by atoms with Crippen molar-refractivity contribution in [1.82, 2.24) is 0 Å². The minimum atomic E-state index is -0.603. The Morgan fingerprint density at radius 2 is 2.24 bits per heavy atom. The lowest BCUT2D eigenvalue weighted by Gasteiger charge is -2.09. The summed E-state index contributed by atoms with van der Waals surface area (Å²) in [6.45, 7) is 3.49. The van der Waals surface area contributed by atoms with E-state index < -0.39 is 4.92 Å². The van der Waals surface area contributed by atoms with E-state index in [4.69, 9.17) is 5.26 Å². The van der Waals surface area contributed by atoms with Gasteiger partial charge in [0.1, 0.15) is 17.4 Å². The molecule has 0 aliphatic heterocycles. The van der Waals surface area contributed by atoms with Crippen LogP contribution in [0.1, 0.15) is 37.3 Å². The van der Waals surface area contributed by atoms with Gasteiger partial charge in [-0.2, -0.15) is 5.26 Å². The van der Waals surface area contributed by atoms with Gasteiger partial charge in [-0.15, -0.1) is 0 Å². The molecule has 1 aromatic rings. The molecule has 1 aromatic carbocycles.